The lowest BCUT2D eigenvalue weighted by Crippen LogP contribution is -2.41. The number of carbonyl (C=O) groups excluding carboxylic acids is 1. The molecule has 3 rings (SSSR count). The van der Waals surface area contributed by atoms with Crippen molar-refractivity contribution >= 4 is 21.7 Å². The molecule has 0 spiro atoms. The van der Waals surface area contributed by atoms with Crippen molar-refractivity contribution in [1.82, 2.24) is 5.32 Å². The molecule has 9 heteroatoms. The SMILES string of the molecule is C[C@H]1CCCC[C@H]1NC(=O)c1ccc(OS(=O)(=O)c2cccc([N+](=O)[O-])c2)cc1. The molecular weight excluding hydrogens is 396 g/mol. The summed E-state index contributed by atoms with van der Waals surface area (Å²) in [6.07, 6.45) is 4.32. The standard InChI is InChI=1S/C20H22N2O6S/c1-14-5-2-3-8-19(14)21-20(23)15-9-11-17(12-10-15)28-29(26,27)18-7-4-6-16(13-18)22(24)25/h4,6-7,9-14,19H,2-3,5,8H2,1H3,(H,21,23)/t14-,19+/m0/s1. The van der Waals surface area contributed by atoms with Gasteiger partial charge in [-0.2, -0.15) is 8.42 Å². The summed E-state index contributed by atoms with van der Waals surface area (Å²) >= 11 is 0. The van der Waals surface area contributed by atoms with Crippen LogP contribution in [-0.2, 0) is 10.1 Å². The lowest BCUT2D eigenvalue weighted by Gasteiger charge is -2.29. The molecule has 0 aliphatic heterocycles. The maximum Gasteiger partial charge on any atom is 0.339 e. The highest BCUT2D eigenvalue weighted by Gasteiger charge is 2.24. The Morgan fingerprint density at radius 3 is 2.48 bits per heavy atom. The number of nitro groups is 1. The lowest BCUT2D eigenvalue weighted by molar-refractivity contribution is -0.385. The Morgan fingerprint density at radius 2 is 1.83 bits per heavy atom. The van der Waals surface area contributed by atoms with Crippen LogP contribution in [0.3, 0.4) is 0 Å². The molecule has 0 aromatic heterocycles. The van der Waals surface area contributed by atoms with Crippen LogP contribution in [0.4, 0.5) is 5.69 Å². The number of nitro benzene ring substituents is 1. The second-order valence-corrected chi connectivity index (χ2v) is 8.70. The average molecular weight is 418 g/mol. The van der Waals surface area contributed by atoms with E-state index in [1.165, 1.54) is 48.9 Å². The van der Waals surface area contributed by atoms with Gasteiger partial charge in [0.05, 0.1) is 4.92 Å². The van der Waals surface area contributed by atoms with Crippen molar-refractivity contribution in [3.8, 4) is 5.75 Å². The first-order valence-electron chi connectivity index (χ1n) is 9.36. The number of non-ortho nitro benzene ring substituents is 1. The molecule has 0 saturated heterocycles. The van der Waals surface area contributed by atoms with E-state index in [9.17, 15) is 23.3 Å². The summed E-state index contributed by atoms with van der Waals surface area (Å²) in [7, 11) is -4.24. The van der Waals surface area contributed by atoms with Crippen LogP contribution in [-0.4, -0.2) is 25.3 Å². The number of hydrogen-bond donors (Lipinski definition) is 1. The van der Waals surface area contributed by atoms with Crippen molar-refractivity contribution in [1.29, 1.82) is 0 Å². The number of nitrogens with zero attached hydrogens (tertiary/aromatic N) is 1. The molecular formula is C20H22N2O6S. The first-order chi connectivity index (χ1) is 13.8. The molecule has 0 bridgehead atoms. The maximum atomic E-state index is 12.4. The molecule has 1 aliphatic rings. The van der Waals surface area contributed by atoms with E-state index in [2.05, 4.69) is 12.2 Å². The molecule has 0 unspecified atom stereocenters. The molecule has 1 N–H and O–H groups in total. The third-order valence-electron chi connectivity index (χ3n) is 5.07. The van der Waals surface area contributed by atoms with Gasteiger partial charge in [-0.1, -0.05) is 25.8 Å². The van der Waals surface area contributed by atoms with Gasteiger partial charge < -0.3 is 9.50 Å². The van der Waals surface area contributed by atoms with Crippen molar-refractivity contribution < 1.29 is 22.3 Å². The Bertz CT molecular complexity index is 1000. The minimum absolute atomic E-state index is 0.0130. The predicted octanol–water partition coefficient (Wildman–Crippen LogP) is 3.67. The molecule has 1 aliphatic carbocycles. The van der Waals surface area contributed by atoms with Crippen molar-refractivity contribution in [2.75, 3.05) is 0 Å². The maximum absolute atomic E-state index is 12.4. The second-order valence-electron chi connectivity index (χ2n) is 7.16. The average Bonchev–Trinajstić information content (AvgIpc) is 2.70. The minimum atomic E-state index is -4.24. The van der Waals surface area contributed by atoms with Gasteiger partial charge in [0.15, 0.2) is 0 Å². The van der Waals surface area contributed by atoms with Gasteiger partial charge in [-0.05, 0) is 49.1 Å². The van der Waals surface area contributed by atoms with Crippen LogP contribution >= 0.6 is 0 Å². The first-order valence-corrected chi connectivity index (χ1v) is 10.8. The Labute approximate surface area is 169 Å². The monoisotopic (exact) mass is 418 g/mol. The lowest BCUT2D eigenvalue weighted by atomic mass is 9.86. The summed E-state index contributed by atoms with van der Waals surface area (Å²) in [5.41, 5.74) is 0.0569. The number of amides is 1. The molecule has 1 amide bonds. The Hall–Kier alpha value is -2.94. The third kappa shape index (κ3) is 5.11. The second kappa shape index (κ2) is 8.60. The Kier molecular flexibility index (Phi) is 6.17. The molecule has 0 heterocycles. The van der Waals surface area contributed by atoms with Crippen LogP contribution in [0.5, 0.6) is 5.75 Å². The molecule has 154 valence electrons. The predicted molar refractivity (Wildman–Crippen MR) is 106 cm³/mol. The highest BCUT2D eigenvalue weighted by atomic mass is 32.2. The van der Waals surface area contributed by atoms with Crippen LogP contribution in [0, 0.1) is 16.0 Å². The summed E-state index contributed by atoms with van der Waals surface area (Å²) in [5.74, 6) is 0.228. The van der Waals surface area contributed by atoms with Gasteiger partial charge in [-0.25, -0.2) is 0 Å². The van der Waals surface area contributed by atoms with Crippen LogP contribution in [0.2, 0.25) is 0 Å². The summed E-state index contributed by atoms with van der Waals surface area (Å²) in [5, 5.41) is 13.9. The number of carbonyl (C=O) groups is 1. The van der Waals surface area contributed by atoms with E-state index in [1.54, 1.807) is 0 Å². The largest absolute Gasteiger partial charge is 0.379 e. The van der Waals surface area contributed by atoms with E-state index in [-0.39, 0.29) is 28.3 Å². The van der Waals surface area contributed by atoms with Crippen molar-refractivity contribution in [3.05, 3.63) is 64.2 Å². The van der Waals surface area contributed by atoms with Gasteiger partial charge in [-0.15, -0.1) is 0 Å². The minimum Gasteiger partial charge on any atom is -0.379 e. The number of hydrogen-bond acceptors (Lipinski definition) is 6. The van der Waals surface area contributed by atoms with Crippen molar-refractivity contribution in [3.63, 3.8) is 0 Å². The molecule has 2 aromatic rings. The van der Waals surface area contributed by atoms with Crippen LogP contribution in [0.25, 0.3) is 0 Å². The van der Waals surface area contributed by atoms with E-state index in [4.69, 9.17) is 4.18 Å². The van der Waals surface area contributed by atoms with Gasteiger partial charge >= 0.3 is 10.1 Å². The number of nitrogens with one attached hydrogen (secondary N) is 1. The van der Waals surface area contributed by atoms with Gasteiger partial charge in [0.1, 0.15) is 10.6 Å². The first kappa shape index (κ1) is 20.8. The smallest absolute Gasteiger partial charge is 0.339 e. The fourth-order valence-electron chi connectivity index (χ4n) is 3.37. The van der Waals surface area contributed by atoms with Crippen molar-refractivity contribution in [2.45, 2.75) is 43.5 Å². The molecule has 1 fully saturated rings. The zero-order valence-corrected chi connectivity index (χ0v) is 16.7. The highest BCUT2D eigenvalue weighted by Crippen LogP contribution is 2.25. The zero-order chi connectivity index (χ0) is 21.0. The highest BCUT2D eigenvalue weighted by molar-refractivity contribution is 7.87. The molecule has 8 nitrogen and oxygen atoms in total. The Balaban J connectivity index is 1.69. The quantitative estimate of drug-likeness (QED) is 0.435. The van der Waals surface area contributed by atoms with Gasteiger partial charge in [0.2, 0.25) is 0 Å². The van der Waals surface area contributed by atoms with Crippen LogP contribution in [0.15, 0.2) is 53.4 Å². The van der Waals surface area contributed by atoms with Crippen LogP contribution < -0.4 is 9.50 Å². The molecule has 2 aromatic carbocycles. The van der Waals surface area contributed by atoms with E-state index in [0.29, 0.717) is 11.5 Å². The van der Waals surface area contributed by atoms with E-state index >= 15 is 0 Å². The third-order valence-corrected chi connectivity index (χ3v) is 6.31. The van der Waals surface area contributed by atoms with Gasteiger partial charge in [0, 0.05) is 23.7 Å². The van der Waals surface area contributed by atoms with Crippen LogP contribution in [0.1, 0.15) is 43.0 Å². The summed E-state index contributed by atoms with van der Waals surface area (Å²) in [4.78, 5) is 22.3. The van der Waals surface area contributed by atoms with E-state index < -0.39 is 15.0 Å². The number of benzene rings is 2. The van der Waals surface area contributed by atoms with Gasteiger partial charge in [0.25, 0.3) is 11.6 Å². The number of rotatable bonds is 6. The summed E-state index contributed by atoms with van der Waals surface area (Å²) < 4.78 is 29.8. The normalized spacial score (nSPS) is 19.3. The fourth-order valence-corrected chi connectivity index (χ4v) is 4.34. The molecule has 0 radical (unpaired) electrons. The summed E-state index contributed by atoms with van der Waals surface area (Å²) in [6.45, 7) is 2.12. The summed E-state index contributed by atoms with van der Waals surface area (Å²) in [6, 6.07) is 10.5. The van der Waals surface area contributed by atoms with Crippen molar-refractivity contribution in [2.24, 2.45) is 5.92 Å². The topological polar surface area (TPSA) is 116 Å². The molecule has 1 saturated carbocycles. The van der Waals surface area contributed by atoms with E-state index in [1.807, 2.05) is 0 Å². The Morgan fingerprint density at radius 1 is 1.14 bits per heavy atom. The van der Waals surface area contributed by atoms with Gasteiger partial charge in [-0.3, -0.25) is 14.9 Å². The zero-order valence-electron chi connectivity index (χ0n) is 15.9. The van der Waals surface area contributed by atoms with E-state index in [0.717, 1.165) is 25.3 Å². The fraction of sp³-hybridized carbons (Fsp3) is 0.350. The molecule has 29 heavy (non-hydrogen) atoms. The molecule has 2 atom stereocenters.